The zero-order valence-corrected chi connectivity index (χ0v) is 16.3. The van der Waals surface area contributed by atoms with Crippen LogP contribution in [0, 0.1) is 0 Å². The van der Waals surface area contributed by atoms with E-state index in [0.29, 0.717) is 22.8 Å². The second kappa shape index (κ2) is 9.16. The van der Waals surface area contributed by atoms with Crippen LogP contribution in [0.3, 0.4) is 0 Å². The molecule has 1 atom stereocenters. The molecule has 3 rings (SSSR count). The van der Waals surface area contributed by atoms with Gasteiger partial charge >= 0.3 is 6.09 Å². The van der Waals surface area contributed by atoms with Gasteiger partial charge in [0, 0.05) is 5.56 Å². The third-order valence-electron chi connectivity index (χ3n) is 4.25. The van der Waals surface area contributed by atoms with Gasteiger partial charge in [0.05, 0.1) is 21.3 Å². The normalized spacial score (nSPS) is 16.0. The lowest BCUT2D eigenvalue weighted by Crippen LogP contribution is -2.51. The van der Waals surface area contributed by atoms with Crippen LogP contribution < -0.4 is 19.5 Å². The van der Waals surface area contributed by atoms with Gasteiger partial charge in [0.1, 0.15) is 6.61 Å². The van der Waals surface area contributed by atoms with Crippen molar-refractivity contribution in [2.24, 2.45) is 0 Å². The lowest BCUT2D eigenvalue weighted by molar-refractivity contribution is -0.199. The summed E-state index contributed by atoms with van der Waals surface area (Å²) in [5.41, 5.74) is 1.32. The summed E-state index contributed by atoms with van der Waals surface area (Å²) in [6.07, 6.45) is -1.68. The monoisotopic (exact) mass is 402 g/mol. The standard InChI is InChI=1S/C20H22N2O7/c1-25-15-9-14(10-16(26-2)18(15)27-3)19-21-17(23)12-29-22(19)20(24)28-11-13-7-5-4-6-8-13/h4-10,19H,11-12H2,1-3H3,(H,21,23). The molecule has 1 aliphatic heterocycles. The third kappa shape index (κ3) is 4.52. The molecule has 1 fully saturated rings. The fraction of sp³-hybridized carbons (Fsp3) is 0.300. The Hall–Kier alpha value is -3.46. The highest BCUT2D eigenvalue weighted by molar-refractivity contribution is 5.80. The van der Waals surface area contributed by atoms with Crippen LogP contribution in [0.5, 0.6) is 17.2 Å². The van der Waals surface area contributed by atoms with E-state index in [2.05, 4.69) is 5.32 Å². The first kappa shape index (κ1) is 20.3. The molecular formula is C20H22N2O7. The number of benzene rings is 2. The van der Waals surface area contributed by atoms with Crippen LogP contribution in [0.25, 0.3) is 0 Å². The van der Waals surface area contributed by atoms with Crippen LogP contribution in [0.2, 0.25) is 0 Å². The van der Waals surface area contributed by atoms with Crippen molar-refractivity contribution >= 4 is 12.0 Å². The van der Waals surface area contributed by atoms with Crippen LogP contribution in [-0.2, 0) is 21.0 Å². The Labute approximate surface area is 168 Å². The van der Waals surface area contributed by atoms with Crippen LogP contribution in [0.4, 0.5) is 4.79 Å². The Balaban J connectivity index is 1.86. The second-order valence-corrected chi connectivity index (χ2v) is 6.07. The Kier molecular flexibility index (Phi) is 6.40. The van der Waals surface area contributed by atoms with E-state index in [-0.39, 0.29) is 19.1 Å². The van der Waals surface area contributed by atoms with Crippen LogP contribution in [0.15, 0.2) is 42.5 Å². The third-order valence-corrected chi connectivity index (χ3v) is 4.25. The van der Waals surface area contributed by atoms with E-state index in [9.17, 15) is 9.59 Å². The van der Waals surface area contributed by atoms with E-state index < -0.39 is 12.3 Å². The number of carbonyl (C=O) groups excluding carboxylic acids is 2. The molecule has 1 N–H and O–H groups in total. The second-order valence-electron chi connectivity index (χ2n) is 6.07. The lowest BCUT2D eigenvalue weighted by Gasteiger charge is -2.34. The molecule has 0 aliphatic carbocycles. The van der Waals surface area contributed by atoms with Crippen LogP contribution >= 0.6 is 0 Å². The molecule has 0 aromatic heterocycles. The molecule has 9 nitrogen and oxygen atoms in total. The molecule has 1 unspecified atom stereocenters. The first-order valence-corrected chi connectivity index (χ1v) is 8.79. The number of nitrogens with zero attached hydrogens (tertiary/aromatic N) is 1. The maximum absolute atomic E-state index is 12.6. The molecular weight excluding hydrogens is 380 g/mol. The first-order chi connectivity index (χ1) is 14.1. The van der Waals surface area contributed by atoms with Crippen molar-refractivity contribution in [3.05, 3.63) is 53.6 Å². The summed E-state index contributed by atoms with van der Waals surface area (Å²) in [4.78, 5) is 29.9. The summed E-state index contributed by atoms with van der Waals surface area (Å²) >= 11 is 0. The summed E-state index contributed by atoms with van der Waals surface area (Å²) < 4.78 is 21.3. The molecule has 1 aliphatic rings. The lowest BCUT2D eigenvalue weighted by atomic mass is 10.1. The number of methoxy groups -OCH3 is 3. The van der Waals surface area contributed by atoms with E-state index in [1.54, 1.807) is 12.1 Å². The van der Waals surface area contributed by atoms with Gasteiger partial charge in [0.2, 0.25) is 5.75 Å². The van der Waals surface area contributed by atoms with Gasteiger partial charge in [-0.3, -0.25) is 9.63 Å². The predicted octanol–water partition coefficient (Wildman–Crippen LogP) is 2.41. The topological polar surface area (TPSA) is 95.6 Å². The predicted molar refractivity (Wildman–Crippen MR) is 101 cm³/mol. The zero-order chi connectivity index (χ0) is 20.8. The molecule has 2 aromatic carbocycles. The number of nitrogens with one attached hydrogen (secondary N) is 1. The molecule has 0 bridgehead atoms. The Bertz CT molecular complexity index is 847. The van der Waals surface area contributed by atoms with Gasteiger partial charge in [-0.2, -0.15) is 5.06 Å². The minimum absolute atomic E-state index is 0.0649. The highest BCUT2D eigenvalue weighted by Crippen LogP contribution is 2.40. The maximum atomic E-state index is 12.6. The van der Waals surface area contributed by atoms with E-state index >= 15 is 0 Å². The first-order valence-electron chi connectivity index (χ1n) is 8.79. The number of rotatable bonds is 6. The SMILES string of the molecule is COc1cc(C2NC(=O)CON2C(=O)OCc2ccccc2)cc(OC)c1OC. The molecule has 29 heavy (non-hydrogen) atoms. The molecule has 1 saturated heterocycles. The van der Waals surface area contributed by atoms with Gasteiger partial charge in [-0.15, -0.1) is 0 Å². The average molecular weight is 402 g/mol. The Morgan fingerprint density at radius 2 is 1.76 bits per heavy atom. The quantitative estimate of drug-likeness (QED) is 0.793. The largest absolute Gasteiger partial charge is 0.493 e. The van der Waals surface area contributed by atoms with Crippen LogP contribution in [0.1, 0.15) is 17.3 Å². The van der Waals surface area contributed by atoms with Gasteiger partial charge in [-0.25, -0.2) is 4.79 Å². The summed E-state index contributed by atoms with van der Waals surface area (Å²) in [6, 6.07) is 12.5. The van der Waals surface area contributed by atoms with Gasteiger partial charge in [-0.05, 0) is 17.7 Å². The summed E-state index contributed by atoms with van der Waals surface area (Å²) in [5, 5.41) is 3.69. The van der Waals surface area contributed by atoms with E-state index in [1.165, 1.54) is 21.3 Å². The number of ether oxygens (including phenoxy) is 4. The molecule has 0 radical (unpaired) electrons. The smallest absolute Gasteiger partial charge is 0.436 e. The number of hydrogen-bond donors (Lipinski definition) is 1. The van der Waals surface area contributed by atoms with Crippen molar-refractivity contribution in [2.75, 3.05) is 27.9 Å². The van der Waals surface area contributed by atoms with Crippen molar-refractivity contribution in [2.45, 2.75) is 12.8 Å². The number of carbonyl (C=O) groups is 2. The Morgan fingerprint density at radius 3 is 2.34 bits per heavy atom. The molecule has 1 heterocycles. The highest BCUT2D eigenvalue weighted by Gasteiger charge is 2.35. The molecule has 154 valence electrons. The van der Waals surface area contributed by atoms with Crippen molar-refractivity contribution in [1.29, 1.82) is 0 Å². The summed E-state index contributed by atoms with van der Waals surface area (Å²) in [5.74, 6) is 0.759. The van der Waals surface area contributed by atoms with E-state index in [0.717, 1.165) is 10.6 Å². The van der Waals surface area contributed by atoms with Gasteiger partial charge in [0.15, 0.2) is 24.3 Å². The number of hydrogen-bond acceptors (Lipinski definition) is 7. The van der Waals surface area contributed by atoms with Gasteiger partial charge < -0.3 is 24.3 Å². The van der Waals surface area contributed by atoms with Gasteiger partial charge in [-0.1, -0.05) is 30.3 Å². The maximum Gasteiger partial charge on any atom is 0.436 e. The van der Waals surface area contributed by atoms with Crippen LogP contribution in [-0.4, -0.2) is 45.0 Å². The number of amides is 2. The molecule has 0 spiro atoms. The Morgan fingerprint density at radius 1 is 1.10 bits per heavy atom. The van der Waals surface area contributed by atoms with Gasteiger partial charge in [0.25, 0.3) is 5.91 Å². The minimum Gasteiger partial charge on any atom is -0.493 e. The van der Waals surface area contributed by atoms with Crippen molar-refractivity contribution in [3.63, 3.8) is 0 Å². The highest BCUT2D eigenvalue weighted by atomic mass is 16.7. The minimum atomic E-state index is -0.937. The molecule has 2 aromatic rings. The fourth-order valence-corrected chi connectivity index (χ4v) is 2.87. The zero-order valence-electron chi connectivity index (χ0n) is 16.3. The summed E-state index contributed by atoms with van der Waals surface area (Å²) in [6.45, 7) is -0.239. The molecule has 9 heteroatoms. The number of hydroxylamine groups is 2. The van der Waals surface area contributed by atoms with E-state index in [4.69, 9.17) is 23.8 Å². The summed E-state index contributed by atoms with van der Waals surface area (Å²) in [7, 11) is 4.44. The average Bonchev–Trinajstić information content (AvgIpc) is 2.76. The fourth-order valence-electron chi connectivity index (χ4n) is 2.87. The molecule has 0 saturated carbocycles. The van der Waals surface area contributed by atoms with Crippen molar-refractivity contribution in [3.8, 4) is 17.2 Å². The van der Waals surface area contributed by atoms with Crippen molar-refractivity contribution in [1.82, 2.24) is 10.4 Å². The molecule has 2 amide bonds. The van der Waals surface area contributed by atoms with E-state index in [1.807, 2.05) is 30.3 Å². The van der Waals surface area contributed by atoms with Crippen molar-refractivity contribution < 1.29 is 33.4 Å².